The Balaban J connectivity index is 2.02. The Morgan fingerprint density at radius 1 is 1.04 bits per heavy atom. The summed E-state index contributed by atoms with van der Waals surface area (Å²) in [5, 5.41) is 0. The van der Waals surface area contributed by atoms with Gasteiger partial charge >= 0.3 is 152 Å². The maximum absolute atomic E-state index is 5.57. The molecule has 0 bridgehead atoms. The van der Waals surface area contributed by atoms with Crippen LogP contribution in [0.3, 0.4) is 0 Å². The van der Waals surface area contributed by atoms with E-state index in [-0.39, 0.29) is 0 Å². The van der Waals surface area contributed by atoms with Gasteiger partial charge in [-0.25, -0.2) is 0 Å². The number of hydrogen-bond acceptors (Lipinski definition) is 2. The molecule has 0 atom stereocenters. The van der Waals surface area contributed by atoms with Crippen molar-refractivity contribution in [3.8, 4) is 0 Å². The minimum absolute atomic E-state index is 0.566. The fourth-order valence-corrected chi connectivity index (χ4v) is 2.93. The Morgan fingerprint density at radius 2 is 1.62 bits per heavy atom. The molecule has 0 amide bonds. The standard InChI is InChI=1S/C21H21NO.Cr/c1-2-23-16-15-20(17-9-5-3-6-10-17)22-21(19-13-14-19)18-11-7-4-8-12-18;/h3-12,15,19H,2,13-14H2,1H3;/b20-15-,22-21?;. The summed E-state index contributed by atoms with van der Waals surface area (Å²) in [5.74, 6) is 0.566. The molecule has 0 unspecified atom stereocenters. The molecule has 2 nitrogen and oxygen atoms in total. The van der Waals surface area contributed by atoms with Gasteiger partial charge in [0.1, 0.15) is 0 Å². The number of ether oxygens (including phenoxy) is 1. The Kier molecular flexibility index (Phi) is 5.93. The third-order valence-corrected chi connectivity index (χ3v) is 4.25. The molecule has 0 aromatic heterocycles. The molecular formula is C21H21CrNO. The van der Waals surface area contributed by atoms with Crippen molar-refractivity contribution in [2.45, 2.75) is 19.8 Å². The third-order valence-electron chi connectivity index (χ3n) is 3.89. The van der Waals surface area contributed by atoms with Crippen LogP contribution >= 0.6 is 0 Å². The first-order valence-electron chi connectivity index (χ1n) is 8.36. The van der Waals surface area contributed by atoms with Gasteiger partial charge in [-0.2, -0.15) is 0 Å². The molecule has 3 heteroatoms. The Labute approximate surface area is 151 Å². The van der Waals surface area contributed by atoms with Gasteiger partial charge in [0.15, 0.2) is 0 Å². The molecule has 0 spiro atoms. The molecule has 1 fully saturated rings. The summed E-state index contributed by atoms with van der Waals surface area (Å²) in [7, 11) is 0. The van der Waals surface area contributed by atoms with Crippen molar-refractivity contribution in [3.63, 3.8) is 0 Å². The van der Waals surface area contributed by atoms with E-state index >= 15 is 0 Å². The van der Waals surface area contributed by atoms with Gasteiger partial charge in [0.05, 0.1) is 0 Å². The summed E-state index contributed by atoms with van der Waals surface area (Å²) >= 11 is 2.98. The fraction of sp³-hybridized carbons (Fsp3) is 0.238. The fourth-order valence-electron chi connectivity index (χ4n) is 2.57. The quantitative estimate of drug-likeness (QED) is 0.663. The molecule has 1 aliphatic rings. The normalized spacial score (nSPS) is 15.4. The zero-order valence-corrected chi connectivity index (χ0v) is 15.1. The van der Waals surface area contributed by atoms with Gasteiger partial charge in [-0.3, -0.25) is 0 Å². The first-order chi connectivity index (χ1) is 11.8. The molecule has 0 heterocycles. The van der Waals surface area contributed by atoms with E-state index in [4.69, 9.17) is 9.73 Å². The van der Waals surface area contributed by atoms with Crippen LogP contribution in [0.15, 0.2) is 71.7 Å². The molecule has 0 N–H and O–H groups in total. The summed E-state index contributed by atoms with van der Waals surface area (Å²) < 4.78 is 6.34. The van der Waals surface area contributed by atoms with Crippen molar-refractivity contribution in [2.75, 3.05) is 6.61 Å². The minimum atomic E-state index is 0.566. The molecule has 0 radical (unpaired) electrons. The molecule has 2 aromatic rings. The van der Waals surface area contributed by atoms with Crippen LogP contribution in [0.4, 0.5) is 0 Å². The number of rotatable bonds is 7. The van der Waals surface area contributed by atoms with Crippen LogP contribution in [0.25, 0.3) is 5.70 Å². The van der Waals surface area contributed by atoms with Crippen LogP contribution < -0.4 is 0 Å². The van der Waals surface area contributed by atoms with Gasteiger partial charge < -0.3 is 0 Å². The molecule has 1 saturated carbocycles. The van der Waals surface area contributed by atoms with E-state index in [2.05, 4.69) is 52.2 Å². The average Bonchev–Trinajstić information content (AvgIpc) is 3.45. The van der Waals surface area contributed by atoms with Gasteiger partial charge in [-0.15, -0.1) is 0 Å². The van der Waals surface area contributed by atoms with E-state index in [1.54, 1.807) is 0 Å². The van der Waals surface area contributed by atoms with Crippen molar-refractivity contribution in [1.29, 1.82) is 0 Å². The first kappa shape index (κ1) is 17.0. The Hall–Kier alpha value is -1.79. The van der Waals surface area contributed by atoms with Crippen LogP contribution in [-0.4, -0.2) is 16.9 Å². The van der Waals surface area contributed by atoms with Crippen LogP contribution in [0.5, 0.6) is 0 Å². The molecule has 1 aliphatic carbocycles. The van der Waals surface area contributed by atoms with Crippen molar-refractivity contribution in [3.05, 3.63) is 77.9 Å². The average molecular weight is 355 g/mol. The summed E-state index contributed by atoms with van der Waals surface area (Å²) in [4.78, 5) is 5.06. The summed E-state index contributed by atoms with van der Waals surface area (Å²) in [6.07, 6.45) is 4.43. The second-order valence-corrected chi connectivity index (χ2v) is 6.41. The van der Waals surface area contributed by atoms with Gasteiger partial charge in [0.2, 0.25) is 0 Å². The number of benzene rings is 2. The summed E-state index contributed by atoms with van der Waals surface area (Å²) in [6.45, 7) is 2.62. The summed E-state index contributed by atoms with van der Waals surface area (Å²) in [5.41, 5.74) is 4.41. The molecule has 0 aliphatic heterocycles. The van der Waals surface area contributed by atoms with Gasteiger partial charge in [-0.1, -0.05) is 0 Å². The molecular weight excluding hydrogens is 334 g/mol. The predicted molar refractivity (Wildman–Crippen MR) is 96.8 cm³/mol. The van der Waals surface area contributed by atoms with E-state index in [1.807, 2.05) is 37.3 Å². The maximum atomic E-state index is 5.57. The SMILES string of the molecule is CCO[C](=[Cr])/C=C(\N=C(c1ccccc1)C1CC1)c1ccccc1. The molecule has 3 rings (SSSR count). The van der Waals surface area contributed by atoms with Gasteiger partial charge in [-0.05, 0) is 0 Å². The second-order valence-electron chi connectivity index (χ2n) is 5.78. The number of hydrogen-bond donors (Lipinski definition) is 0. The van der Waals surface area contributed by atoms with Crippen LogP contribution in [0, 0.1) is 5.92 Å². The van der Waals surface area contributed by atoms with E-state index in [1.165, 1.54) is 24.1 Å². The van der Waals surface area contributed by atoms with Gasteiger partial charge in [0.25, 0.3) is 0 Å². The molecule has 122 valence electrons. The van der Waals surface area contributed by atoms with Crippen molar-refractivity contribution in [2.24, 2.45) is 10.9 Å². The zero-order valence-electron chi connectivity index (χ0n) is 13.8. The Bertz CT molecular complexity index is 746. The second kappa shape index (κ2) is 8.35. The molecule has 24 heavy (non-hydrogen) atoms. The van der Waals surface area contributed by atoms with E-state index in [0.29, 0.717) is 12.5 Å². The van der Waals surface area contributed by atoms with Crippen LogP contribution in [0.1, 0.15) is 30.9 Å². The van der Waals surface area contributed by atoms with Crippen molar-refractivity contribution < 1.29 is 20.6 Å². The first-order valence-corrected chi connectivity index (χ1v) is 8.99. The zero-order chi connectivity index (χ0) is 16.8. The molecule has 0 saturated heterocycles. The predicted octanol–water partition coefficient (Wildman–Crippen LogP) is 4.64. The topological polar surface area (TPSA) is 21.6 Å². The van der Waals surface area contributed by atoms with Crippen LogP contribution in [0.2, 0.25) is 0 Å². The van der Waals surface area contributed by atoms with Gasteiger partial charge in [0, 0.05) is 0 Å². The van der Waals surface area contributed by atoms with Crippen LogP contribution in [-0.2, 0) is 20.6 Å². The number of aliphatic imine (C=N–C) groups is 1. The third kappa shape index (κ3) is 4.61. The summed E-state index contributed by atoms with van der Waals surface area (Å²) in [6, 6.07) is 20.8. The van der Waals surface area contributed by atoms with E-state index < -0.39 is 0 Å². The van der Waals surface area contributed by atoms with E-state index in [0.717, 1.165) is 15.8 Å². The monoisotopic (exact) mass is 355 g/mol. The Morgan fingerprint density at radius 3 is 2.17 bits per heavy atom. The van der Waals surface area contributed by atoms with Crippen molar-refractivity contribution >= 4 is 16.0 Å². The van der Waals surface area contributed by atoms with Crippen molar-refractivity contribution in [1.82, 2.24) is 0 Å². The number of nitrogens with zero attached hydrogens (tertiary/aromatic N) is 1. The molecule has 2 aromatic carbocycles. The van der Waals surface area contributed by atoms with E-state index in [9.17, 15) is 0 Å².